The van der Waals surface area contributed by atoms with E-state index in [1.54, 1.807) is 36.4 Å². The summed E-state index contributed by atoms with van der Waals surface area (Å²) in [6.45, 7) is 1.47. The predicted molar refractivity (Wildman–Crippen MR) is 129 cm³/mol. The number of carbonyl (C=O) groups is 1. The second-order valence-corrected chi connectivity index (χ2v) is 10.4. The van der Waals surface area contributed by atoms with Gasteiger partial charge in [0.05, 0.1) is 17.5 Å². The van der Waals surface area contributed by atoms with Crippen molar-refractivity contribution in [2.45, 2.75) is 24.4 Å². The fourth-order valence-electron chi connectivity index (χ4n) is 3.06. The van der Waals surface area contributed by atoms with Crippen LogP contribution < -0.4 is 5.32 Å². The molecule has 9 heteroatoms. The molecular weight excluding hydrogens is 491 g/mol. The number of carbonyl (C=O) groups excluding carboxylic acids is 1. The Morgan fingerprint density at radius 3 is 1.84 bits per heavy atom. The van der Waals surface area contributed by atoms with Crippen LogP contribution in [-0.2, 0) is 21.4 Å². The number of hydrogen-bond acceptors (Lipinski definition) is 3. The molecule has 0 radical (unpaired) electrons. The summed E-state index contributed by atoms with van der Waals surface area (Å²) in [6.07, 6.45) is 0. The van der Waals surface area contributed by atoms with E-state index < -0.39 is 15.9 Å². The topological polar surface area (TPSA) is 66.5 Å². The maximum absolute atomic E-state index is 13.3. The van der Waals surface area contributed by atoms with E-state index in [9.17, 15) is 13.2 Å². The summed E-state index contributed by atoms with van der Waals surface area (Å²) in [7, 11) is -3.96. The maximum Gasteiger partial charge on any atom is 0.243 e. The van der Waals surface area contributed by atoms with Gasteiger partial charge in [0.25, 0.3) is 0 Å². The van der Waals surface area contributed by atoms with E-state index >= 15 is 0 Å². The van der Waals surface area contributed by atoms with E-state index in [-0.39, 0.29) is 24.0 Å². The zero-order chi connectivity index (χ0) is 23.3. The average molecular weight is 512 g/mol. The summed E-state index contributed by atoms with van der Waals surface area (Å²) in [5.74, 6) is -0.432. The Morgan fingerprint density at radius 1 is 0.844 bits per heavy atom. The van der Waals surface area contributed by atoms with Crippen molar-refractivity contribution in [2.24, 2.45) is 0 Å². The molecule has 0 unspecified atom stereocenters. The summed E-state index contributed by atoms with van der Waals surface area (Å²) >= 11 is 17.8. The second-order valence-electron chi connectivity index (χ2n) is 7.19. The molecule has 0 saturated heterocycles. The molecule has 3 aromatic rings. The van der Waals surface area contributed by atoms with Crippen LogP contribution in [-0.4, -0.2) is 25.2 Å². The largest absolute Gasteiger partial charge is 0.348 e. The van der Waals surface area contributed by atoms with Crippen LogP contribution >= 0.6 is 34.8 Å². The molecule has 0 spiro atoms. The van der Waals surface area contributed by atoms with Crippen LogP contribution in [0.3, 0.4) is 0 Å². The molecule has 1 N–H and O–H groups in total. The summed E-state index contributed by atoms with van der Waals surface area (Å²) in [4.78, 5) is 12.8. The highest BCUT2D eigenvalue weighted by molar-refractivity contribution is 7.89. The van der Waals surface area contributed by atoms with Crippen LogP contribution in [0.15, 0.2) is 77.7 Å². The Hall–Kier alpha value is -2.09. The van der Waals surface area contributed by atoms with Gasteiger partial charge in [-0.05, 0) is 66.6 Å². The summed E-state index contributed by atoms with van der Waals surface area (Å²) in [6, 6.07) is 19.4. The van der Waals surface area contributed by atoms with Crippen molar-refractivity contribution in [3.8, 4) is 0 Å². The van der Waals surface area contributed by atoms with Crippen molar-refractivity contribution in [1.82, 2.24) is 9.62 Å². The minimum absolute atomic E-state index is 0.00484. The van der Waals surface area contributed by atoms with E-state index in [0.29, 0.717) is 20.6 Å². The van der Waals surface area contributed by atoms with E-state index in [0.717, 1.165) is 9.87 Å². The van der Waals surface area contributed by atoms with Crippen LogP contribution in [0.2, 0.25) is 15.1 Å². The summed E-state index contributed by atoms with van der Waals surface area (Å²) < 4.78 is 27.7. The van der Waals surface area contributed by atoms with Gasteiger partial charge in [-0.15, -0.1) is 0 Å². The quantitative estimate of drug-likeness (QED) is 0.421. The summed E-state index contributed by atoms with van der Waals surface area (Å²) in [5, 5.41) is 4.39. The molecule has 0 aliphatic carbocycles. The minimum Gasteiger partial charge on any atom is -0.348 e. The van der Waals surface area contributed by atoms with Gasteiger partial charge in [0, 0.05) is 21.6 Å². The third-order valence-corrected chi connectivity index (χ3v) is 7.35. The zero-order valence-electron chi connectivity index (χ0n) is 17.1. The molecule has 1 amide bonds. The molecule has 0 heterocycles. The van der Waals surface area contributed by atoms with Gasteiger partial charge in [0.1, 0.15) is 0 Å². The lowest BCUT2D eigenvalue weighted by Crippen LogP contribution is -2.41. The lowest BCUT2D eigenvalue weighted by molar-refractivity contribution is -0.122. The monoisotopic (exact) mass is 510 g/mol. The van der Waals surface area contributed by atoms with Crippen molar-refractivity contribution >= 4 is 50.7 Å². The van der Waals surface area contributed by atoms with E-state index in [1.807, 2.05) is 19.1 Å². The molecule has 5 nitrogen and oxygen atoms in total. The van der Waals surface area contributed by atoms with Crippen LogP contribution in [0.25, 0.3) is 0 Å². The number of benzene rings is 3. The molecule has 0 aliphatic rings. The van der Waals surface area contributed by atoms with Gasteiger partial charge in [-0.25, -0.2) is 8.42 Å². The van der Waals surface area contributed by atoms with Crippen LogP contribution in [0.4, 0.5) is 0 Å². The molecule has 0 aromatic heterocycles. The van der Waals surface area contributed by atoms with Gasteiger partial charge >= 0.3 is 0 Å². The molecule has 168 valence electrons. The standard InChI is InChI=1S/C23H21Cl3N2O3S/c1-16(18-4-8-20(25)9-5-18)27-23(29)15-28(14-17-2-6-19(24)7-3-17)32(30,31)22-12-10-21(26)11-13-22/h2-13,16H,14-15H2,1H3,(H,27,29)/t16-/m0/s1. The highest BCUT2D eigenvalue weighted by atomic mass is 35.5. The van der Waals surface area contributed by atoms with E-state index in [4.69, 9.17) is 34.8 Å². The molecule has 0 bridgehead atoms. The first kappa shape index (κ1) is 24.6. The van der Waals surface area contributed by atoms with Crippen molar-refractivity contribution in [3.05, 3.63) is 99.0 Å². The highest BCUT2D eigenvalue weighted by Gasteiger charge is 2.27. The van der Waals surface area contributed by atoms with E-state index in [2.05, 4.69) is 5.32 Å². The van der Waals surface area contributed by atoms with Gasteiger partial charge in [-0.2, -0.15) is 4.31 Å². The fraction of sp³-hybridized carbons (Fsp3) is 0.174. The normalized spacial score (nSPS) is 12.5. The first-order chi connectivity index (χ1) is 15.1. The third-order valence-electron chi connectivity index (χ3n) is 4.79. The fourth-order valence-corrected chi connectivity index (χ4v) is 4.82. The number of sulfonamides is 1. The maximum atomic E-state index is 13.3. The van der Waals surface area contributed by atoms with Crippen molar-refractivity contribution < 1.29 is 13.2 Å². The van der Waals surface area contributed by atoms with E-state index in [1.165, 1.54) is 24.3 Å². The number of nitrogens with zero attached hydrogens (tertiary/aromatic N) is 1. The van der Waals surface area contributed by atoms with Crippen LogP contribution in [0, 0.1) is 0 Å². The Kier molecular flexibility index (Phi) is 8.20. The number of amides is 1. The molecule has 0 fully saturated rings. The Labute approximate surface area is 203 Å². The molecule has 32 heavy (non-hydrogen) atoms. The SMILES string of the molecule is C[C@H](NC(=O)CN(Cc1ccc(Cl)cc1)S(=O)(=O)c1ccc(Cl)cc1)c1ccc(Cl)cc1. The first-order valence-corrected chi connectivity index (χ1v) is 12.3. The lowest BCUT2D eigenvalue weighted by atomic mass is 10.1. The van der Waals surface area contributed by atoms with Crippen molar-refractivity contribution in [3.63, 3.8) is 0 Å². The van der Waals surface area contributed by atoms with Gasteiger partial charge in [-0.1, -0.05) is 59.1 Å². The summed E-state index contributed by atoms with van der Waals surface area (Å²) in [5.41, 5.74) is 1.55. The van der Waals surface area contributed by atoms with Gasteiger partial charge < -0.3 is 5.32 Å². The number of rotatable bonds is 8. The van der Waals surface area contributed by atoms with Gasteiger partial charge in [0.15, 0.2) is 0 Å². The predicted octanol–water partition coefficient (Wildman–Crippen LogP) is 5.72. The Morgan fingerprint density at radius 2 is 1.31 bits per heavy atom. The lowest BCUT2D eigenvalue weighted by Gasteiger charge is -2.23. The Bertz CT molecular complexity index is 1170. The van der Waals surface area contributed by atoms with Crippen LogP contribution in [0.1, 0.15) is 24.1 Å². The van der Waals surface area contributed by atoms with Crippen molar-refractivity contribution in [2.75, 3.05) is 6.54 Å². The minimum atomic E-state index is -3.96. The molecule has 3 rings (SSSR count). The highest BCUT2D eigenvalue weighted by Crippen LogP contribution is 2.22. The van der Waals surface area contributed by atoms with Crippen LogP contribution in [0.5, 0.6) is 0 Å². The van der Waals surface area contributed by atoms with Gasteiger partial charge in [0.2, 0.25) is 15.9 Å². The third kappa shape index (κ3) is 6.47. The first-order valence-electron chi connectivity index (χ1n) is 9.70. The van der Waals surface area contributed by atoms with Crippen molar-refractivity contribution in [1.29, 1.82) is 0 Å². The average Bonchev–Trinajstić information content (AvgIpc) is 2.75. The second kappa shape index (κ2) is 10.7. The molecule has 3 aromatic carbocycles. The Balaban J connectivity index is 1.82. The zero-order valence-corrected chi connectivity index (χ0v) is 20.2. The molecular formula is C23H21Cl3N2O3S. The van der Waals surface area contributed by atoms with Gasteiger partial charge in [-0.3, -0.25) is 4.79 Å². The number of hydrogen-bond donors (Lipinski definition) is 1. The number of halogens is 3. The molecule has 0 aliphatic heterocycles. The smallest absolute Gasteiger partial charge is 0.243 e. The molecule has 0 saturated carbocycles. The molecule has 1 atom stereocenters. The number of nitrogens with one attached hydrogen (secondary N) is 1.